The molecule has 1 aromatic rings. The van der Waals surface area contributed by atoms with Crippen LogP contribution in [-0.4, -0.2) is 58.5 Å². The Bertz CT molecular complexity index is 458. The molecule has 1 aromatic heterocycles. The number of hydrogen-bond acceptors (Lipinski definition) is 6. The first kappa shape index (κ1) is 12.7. The van der Waals surface area contributed by atoms with Gasteiger partial charge in [-0.2, -0.15) is 9.97 Å². The largest absolute Gasteiger partial charge is 0.368 e. The minimum Gasteiger partial charge on any atom is -0.368 e. The lowest BCUT2D eigenvalue weighted by Crippen LogP contribution is -2.32. The molecule has 2 N–H and O–H groups in total. The summed E-state index contributed by atoms with van der Waals surface area (Å²) in [4.78, 5) is 18.0. The van der Waals surface area contributed by atoms with Crippen LogP contribution in [0.1, 0.15) is 42.9 Å². The number of nitrogens with two attached hydrogens (primary N) is 1. The van der Waals surface area contributed by atoms with E-state index in [0.29, 0.717) is 11.9 Å². The third kappa shape index (κ3) is 2.84. The van der Waals surface area contributed by atoms with Crippen molar-refractivity contribution in [2.24, 2.45) is 0 Å². The lowest BCUT2D eigenvalue weighted by Gasteiger charge is -2.26. The molecule has 0 spiro atoms. The highest BCUT2D eigenvalue weighted by atomic mass is 15.2. The lowest BCUT2D eigenvalue weighted by atomic mass is 10.2. The Labute approximate surface area is 114 Å². The molecule has 0 aromatic carbocycles. The summed E-state index contributed by atoms with van der Waals surface area (Å²) in [7, 11) is 4.29. The van der Waals surface area contributed by atoms with Crippen LogP contribution in [0.15, 0.2) is 0 Å². The van der Waals surface area contributed by atoms with E-state index >= 15 is 0 Å². The molecule has 2 fully saturated rings. The maximum atomic E-state index is 5.86. The molecule has 1 saturated carbocycles. The van der Waals surface area contributed by atoms with Crippen molar-refractivity contribution in [1.82, 2.24) is 24.8 Å². The lowest BCUT2D eigenvalue weighted by molar-refractivity contribution is 0.219. The van der Waals surface area contributed by atoms with Crippen LogP contribution in [0, 0.1) is 0 Å². The Morgan fingerprint density at radius 2 is 1.79 bits per heavy atom. The molecule has 0 bridgehead atoms. The number of aromatic nitrogens is 3. The van der Waals surface area contributed by atoms with Gasteiger partial charge in [0.1, 0.15) is 5.82 Å². The van der Waals surface area contributed by atoms with Crippen molar-refractivity contribution in [3.05, 3.63) is 11.6 Å². The molecule has 1 unspecified atom stereocenters. The van der Waals surface area contributed by atoms with Crippen molar-refractivity contribution in [2.75, 3.05) is 39.5 Å². The first-order chi connectivity index (χ1) is 9.13. The SMILES string of the molecule is CN1CCCN(C)C(c2nc(N)nc(C3CC3)n2)C1. The highest BCUT2D eigenvalue weighted by Gasteiger charge is 2.30. The third-order valence-electron chi connectivity index (χ3n) is 4.00. The summed E-state index contributed by atoms with van der Waals surface area (Å²) in [6.45, 7) is 3.14. The maximum absolute atomic E-state index is 5.86. The highest BCUT2D eigenvalue weighted by Crippen LogP contribution is 2.38. The number of rotatable bonds is 2. The van der Waals surface area contributed by atoms with E-state index in [2.05, 4.69) is 38.8 Å². The average Bonchev–Trinajstić information content (AvgIpc) is 3.18. The summed E-state index contributed by atoms with van der Waals surface area (Å²) in [5, 5.41) is 0. The molecule has 0 radical (unpaired) electrons. The molecule has 2 aliphatic rings. The Morgan fingerprint density at radius 1 is 1.05 bits per heavy atom. The van der Waals surface area contributed by atoms with E-state index in [9.17, 15) is 0 Å². The van der Waals surface area contributed by atoms with Gasteiger partial charge >= 0.3 is 0 Å². The minimum absolute atomic E-state index is 0.218. The predicted molar refractivity (Wildman–Crippen MR) is 73.7 cm³/mol. The van der Waals surface area contributed by atoms with E-state index in [0.717, 1.165) is 31.3 Å². The van der Waals surface area contributed by atoms with E-state index < -0.39 is 0 Å². The van der Waals surface area contributed by atoms with Gasteiger partial charge in [0, 0.05) is 12.5 Å². The molecule has 1 aliphatic carbocycles. The molecular weight excluding hydrogens is 240 g/mol. The number of likely N-dealkylation sites (N-methyl/N-ethyl adjacent to an activating group) is 2. The van der Waals surface area contributed by atoms with E-state index in [1.54, 1.807) is 0 Å². The first-order valence-corrected chi connectivity index (χ1v) is 7.03. The average molecular weight is 262 g/mol. The van der Waals surface area contributed by atoms with Crippen LogP contribution in [0.4, 0.5) is 5.95 Å². The molecule has 3 rings (SSSR count). The Morgan fingerprint density at radius 3 is 2.53 bits per heavy atom. The van der Waals surface area contributed by atoms with Crippen molar-refractivity contribution in [2.45, 2.75) is 31.2 Å². The van der Waals surface area contributed by atoms with Crippen LogP contribution in [0.2, 0.25) is 0 Å². The fourth-order valence-corrected chi connectivity index (χ4v) is 2.65. The number of nitrogen functional groups attached to an aromatic ring is 1. The molecule has 6 heteroatoms. The Hall–Kier alpha value is -1.27. The zero-order valence-electron chi connectivity index (χ0n) is 11.7. The summed E-state index contributed by atoms with van der Waals surface area (Å²) < 4.78 is 0. The van der Waals surface area contributed by atoms with Gasteiger partial charge in [-0.3, -0.25) is 4.90 Å². The van der Waals surface area contributed by atoms with Gasteiger partial charge in [0.05, 0.1) is 6.04 Å². The summed E-state index contributed by atoms with van der Waals surface area (Å²) in [5.74, 6) is 2.61. The molecule has 2 heterocycles. The molecule has 6 nitrogen and oxygen atoms in total. The second kappa shape index (κ2) is 5.02. The van der Waals surface area contributed by atoms with Gasteiger partial charge in [-0.25, -0.2) is 4.98 Å². The van der Waals surface area contributed by atoms with Gasteiger partial charge in [-0.15, -0.1) is 0 Å². The van der Waals surface area contributed by atoms with Gasteiger partial charge in [-0.05, 0) is 46.4 Å². The predicted octanol–water partition coefficient (Wildman–Crippen LogP) is 0.640. The molecule has 104 valence electrons. The van der Waals surface area contributed by atoms with Crippen molar-refractivity contribution in [3.63, 3.8) is 0 Å². The van der Waals surface area contributed by atoms with Gasteiger partial charge < -0.3 is 10.6 Å². The standard InChI is InChI=1S/C13H22N6/c1-18-6-3-7-19(2)10(8-18)12-15-11(9-4-5-9)16-13(14)17-12/h9-10H,3-8H2,1-2H3,(H2,14,15,16,17). The van der Waals surface area contributed by atoms with Crippen molar-refractivity contribution in [3.8, 4) is 0 Å². The summed E-state index contributed by atoms with van der Waals surface area (Å²) >= 11 is 0. The molecular formula is C13H22N6. The molecule has 1 saturated heterocycles. The van der Waals surface area contributed by atoms with Crippen LogP contribution in [-0.2, 0) is 0 Å². The van der Waals surface area contributed by atoms with Gasteiger partial charge in [-0.1, -0.05) is 0 Å². The second-order valence-corrected chi connectivity index (χ2v) is 5.80. The third-order valence-corrected chi connectivity index (χ3v) is 4.00. The summed E-state index contributed by atoms with van der Waals surface area (Å²) in [6, 6.07) is 0.218. The normalized spacial score (nSPS) is 26.3. The fraction of sp³-hybridized carbons (Fsp3) is 0.769. The summed E-state index contributed by atoms with van der Waals surface area (Å²) in [6.07, 6.45) is 3.55. The first-order valence-electron chi connectivity index (χ1n) is 7.03. The Kier molecular flexibility index (Phi) is 3.36. The maximum Gasteiger partial charge on any atom is 0.223 e. The monoisotopic (exact) mass is 262 g/mol. The Balaban J connectivity index is 1.90. The van der Waals surface area contributed by atoms with Crippen LogP contribution in [0.25, 0.3) is 0 Å². The van der Waals surface area contributed by atoms with Crippen LogP contribution in [0.5, 0.6) is 0 Å². The van der Waals surface area contributed by atoms with Crippen molar-refractivity contribution >= 4 is 5.95 Å². The van der Waals surface area contributed by atoms with Crippen LogP contribution >= 0.6 is 0 Å². The van der Waals surface area contributed by atoms with Gasteiger partial charge in [0.25, 0.3) is 0 Å². The molecule has 1 aliphatic heterocycles. The van der Waals surface area contributed by atoms with Gasteiger partial charge in [0.15, 0.2) is 5.82 Å². The number of nitrogens with zero attached hydrogens (tertiary/aromatic N) is 5. The van der Waals surface area contributed by atoms with E-state index in [1.165, 1.54) is 19.3 Å². The smallest absolute Gasteiger partial charge is 0.223 e. The topological polar surface area (TPSA) is 71.2 Å². The van der Waals surface area contributed by atoms with Crippen molar-refractivity contribution < 1.29 is 0 Å². The molecule has 19 heavy (non-hydrogen) atoms. The van der Waals surface area contributed by atoms with Crippen molar-refractivity contribution in [1.29, 1.82) is 0 Å². The van der Waals surface area contributed by atoms with Gasteiger partial charge in [0.2, 0.25) is 5.95 Å². The molecule has 1 atom stereocenters. The molecule has 0 amide bonds. The summed E-state index contributed by atoms with van der Waals surface area (Å²) in [5.41, 5.74) is 5.86. The quantitative estimate of drug-likeness (QED) is 0.843. The van der Waals surface area contributed by atoms with E-state index in [-0.39, 0.29) is 6.04 Å². The van der Waals surface area contributed by atoms with Crippen LogP contribution < -0.4 is 5.73 Å². The minimum atomic E-state index is 0.218. The highest BCUT2D eigenvalue weighted by molar-refractivity contribution is 5.21. The fourth-order valence-electron chi connectivity index (χ4n) is 2.65. The van der Waals surface area contributed by atoms with E-state index in [4.69, 9.17) is 5.73 Å². The zero-order chi connectivity index (χ0) is 13.4. The number of hydrogen-bond donors (Lipinski definition) is 1. The second-order valence-electron chi connectivity index (χ2n) is 5.80. The number of anilines is 1. The van der Waals surface area contributed by atoms with E-state index in [1.807, 2.05) is 0 Å². The zero-order valence-corrected chi connectivity index (χ0v) is 11.7. The van der Waals surface area contributed by atoms with Crippen LogP contribution in [0.3, 0.4) is 0 Å².